The standard InChI is InChI=1S/C14H21ClN2O/c1-18-14-9-13(16-10-17-14)8-12(15)7-11-5-3-2-4-6-11/h9-12H,2-8H2,1H3. The summed E-state index contributed by atoms with van der Waals surface area (Å²) in [5.41, 5.74) is 0.970. The number of alkyl halides is 1. The molecule has 0 saturated heterocycles. The smallest absolute Gasteiger partial charge is 0.216 e. The van der Waals surface area contributed by atoms with Crippen LogP contribution >= 0.6 is 11.6 Å². The molecule has 18 heavy (non-hydrogen) atoms. The Bertz CT molecular complexity index is 367. The zero-order chi connectivity index (χ0) is 12.8. The molecule has 4 heteroatoms. The fourth-order valence-electron chi connectivity index (χ4n) is 2.70. The molecule has 1 heterocycles. The second kappa shape index (κ2) is 6.93. The molecule has 1 fully saturated rings. The first kappa shape index (κ1) is 13.6. The van der Waals surface area contributed by atoms with Gasteiger partial charge in [-0.1, -0.05) is 32.1 Å². The SMILES string of the molecule is COc1cc(CC(Cl)CC2CCCCC2)ncn1. The maximum absolute atomic E-state index is 6.44. The van der Waals surface area contributed by atoms with Gasteiger partial charge in [0.25, 0.3) is 0 Å². The third-order valence-electron chi connectivity index (χ3n) is 3.65. The van der Waals surface area contributed by atoms with Crippen LogP contribution < -0.4 is 4.74 Å². The Kier molecular flexibility index (Phi) is 5.24. The molecule has 1 aromatic heterocycles. The predicted octanol–water partition coefficient (Wildman–Crippen LogP) is 3.61. The van der Waals surface area contributed by atoms with Crippen molar-refractivity contribution >= 4 is 11.6 Å². The van der Waals surface area contributed by atoms with E-state index in [4.69, 9.17) is 16.3 Å². The van der Waals surface area contributed by atoms with Gasteiger partial charge in [0, 0.05) is 23.6 Å². The van der Waals surface area contributed by atoms with Gasteiger partial charge < -0.3 is 4.74 Å². The van der Waals surface area contributed by atoms with Crippen LogP contribution in [-0.4, -0.2) is 22.5 Å². The summed E-state index contributed by atoms with van der Waals surface area (Å²) < 4.78 is 5.09. The first-order valence-electron chi connectivity index (χ1n) is 6.77. The molecular formula is C14H21ClN2O. The van der Waals surface area contributed by atoms with Crippen LogP contribution in [0.2, 0.25) is 0 Å². The molecule has 0 aromatic carbocycles. The van der Waals surface area contributed by atoms with Crippen molar-refractivity contribution in [2.45, 2.75) is 50.3 Å². The van der Waals surface area contributed by atoms with Crippen molar-refractivity contribution in [3.8, 4) is 5.88 Å². The largest absolute Gasteiger partial charge is 0.481 e. The number of ether oxygens (including phenoxy) is 1. The number of hydrogen-bond donors (Lipinski definition) is 0. The molecule has 0 bridgehead atoms. The minimum absolute atomic E-state index is 0.174. The summed E-state index contributed by atoms with van der Waals surface area (Å²) in [5, 5.41) is 0.174. The topological polar surface area (TPSA) is 35.0 Å². The first-order valence-corrected chi connectivity index (χ1v) is 7.20. The maximum atomic E-state index is 6.44. The van der Waals surface area contributed by atoms with E-state index in [2.05, 4.69) is 9.97 Å². The van der Waals surface area contributed by atoms with Crippen molar-refractivity contribution in [1.82, 2.24) is 9.97 Å². The zero-order valence-electron chi connectivity index (χ0n) is 10.9. The third kappa shape index (κ3) is 4.13. The summed E-state index contributed by atoms with van der Waals surface area (Å²) in [7, 11) is 1.62. The second-order valence-electron chi connectivity index (χ2n) is 5.09. The molecule has 0 spiro atoms. The van der Waals surface area contributed by atoms with Gasteiger partial charge in [-0.25, -0.2) is 9.97 Å². The quantitative estimate of drug-likeness (QED) is 0.766. The fourth-order valence-corrected chi connectivity index (χ4v) is 3.11. The lowest BCUT2D eigenvalue weighted by Gasteiger charge is -2.23. The molecule has 1 aliphatic rings. The normalized spacial score (nSPS) is 18.6. The monoisotopic (exact) mass is 268 g/mol. The van der Waals surface area contributed by atoms with E-state index in [-0.39, 0.29) is 5.38 Å². The van der Waals surface area contributed by atoms with Crippen LogP contribution in [0.5, 0.6) is 5.88 Å². The van der Waals surface area contributed by atoms with Crippen LogP contribution in [0, 0.1) is 5.92 Å². The fraction of sp³-hybridized carbons (Fsp3) is 0.714. The molecule has 0 N–H and O–H groups in total. The molecule has 0 amide bonds. The van der Waals surface area contributed by atoms with E-state index < -0.39 is 0 Å². The highest BCUT2D eigenvalue weighted by molar-refractivity contribution is 6.20. The molecule has 1 unspecified atom stereocenters. The van der Waals surface area contributed by atoms with Crippen molar-refractivity contribution in [3.05, 3.63) is 18.1 Å². The molecule has 1 aliphatic carbocycles. The number of aromatic nitrogens is 2. The lowest BCUT2D eigenvalue weighted by molar-refractivity contribution is 0.334. The van der Waals surface area contributed by atoms with Gasteiger partial charge in [0.1, 0.15) is 6.33 Å². The number of nitrogens with zero attached hydrogens (tertiary/aromatic N) is 2. The molecule has 3 nitrogen and oxygen atoms in total. The highest BCUT2D eigenvalue weighted by Gasteiger charge is 2.18. The van der Waals surface area contributed by atoms with Crippen molar-refractivity contribution in [2.75, 3.05) is 7.11 Å². The van der Waals surface area contributed by atoms with Gasteiger partial charge >= 0.3 is 0 Å². The third-order valence-corrected chi connectivity index (χ3v) is 3.98. The van der Waals surface area contributed by atoms with Gasteiger partial charge in [0.15, 0.2) is 0 Å². The lowest BCUT2D eigenvalue weighted by Crippen LogP contribution is -2.14. The Labute approximate surface area is 114 Å². The first-order chi connectivity index (χ1) is 8.78. The maximum Gasteiger partial charge on any atom is 0.216 e. The van der Waals surface area contributed by atoms with Crippen molar-refractivity contribution < 1.29 is 4.74 Å². The van der Waals surface area contributed by atoms with E-state index in [0.29, 0.717) is 5.88 Å². The minimum Gasteiger partial charge on any atom is -0.481 e. The van der Waals surface area contributed by atoms with Gasteiger partial charge in [0.2, 0.25) is 5.88 Å². The average molecular weight is 269 g/mol. The van der Waals surface area contributed by atoms with Crippen LogP contribution in [0.25, 0.3) is 0 Å². The van der Waals surface area contributed by atoms with Gasteiger partial charge in [-0.05, 0) is 12.3 Å². The van der Waals surface area contributed by atoms with Gasteiger partial charge in [0.05, 0.1) is 7.11 Å². The molecule has 1 atom stereocenters. The van der Waals surface area contributed by atoms with Crippen LogP contribution in [0.4, 0.5) is 0 Å². The second-order valence-corrected chi connectivity index (χ2v) is 5.71. The Morgan fingerprint density at radius 3 is 2.83 bits per heavy atom. The Balaban J connectivity index is 1.83. The molecule has 1 aromatic rings. The van der Waals surface area contributed by atoms with E-state index in [9.17, 15) is 0 Å². The van der Waals surface area contributed by atoms with Gasteiger partial charge in [-0.3, -0.25) is 0 Å². The minimum atomic E-state index is 0.174. The molecule has 100 valence electrons. The van der Waals surface area contributed by atoms with E-state index in [1.54, 1.807) is 13.4 Å². The Morgan fingerprint density at radius 1 is 1.33 bits per heavy atom. The lowest BCUT2D eigenvalue weighted by atomic mass is 9.85. The van der Waals surface area contributed by atoms with Gasteiger partial charge in [-0.2, -0.15) is 0 Å². The van der Waals surface area contributed by atoms with E-state index in [0.717, 1.165) is 24.5 Å². The van der Waals surface area contributed by atoms with E-state index in [1.165, 1.54) is 32.1 Å². The van der Waals surface area contributed by atoms with Crippen LogP contribution in [0.15, 0.2) is 12.4 Å². The number of rotatable bonds is 5. The Hall–Kier alpha value is -0.830. The van der Waals surface area contributed by atoms with Crippen LogP contribution in [0.3, 0.4) is 0 Å². The molecule has 1 saturated carbocycles. The Morgan fingerprint density at radius 2 is 2.11 bits per heavy atom. The zero-order valence-corrected chi connectivity index (χ0v) is 11.7. The molecule has 0 aliphatic heterocycles. The number of methoxy groups -OCH3 is 1. The summed E-state index contributed by atoms with van der Waals surface area (Å²) in [4.78, 5) is 8.25. The molecular weight excluding hydrogens is 248 g/mol. The van der Waals surface area contributed by atoms with Crippen molar-refractivity contribution in [2.24, 2.45) is 5.92 Å². The van der Waals surface area contributed by atoms with Gasteiger partial charge in [-0.15, -0.1) is 11.6 Å². The summed E-state index contributed by atoms with van der Waals surface area (Å²) in [6, 6.07) is 1.87. The highest BCUT2D eigenvalue weighted by atomic mass is 35.5. The van der Waals surface area contributed by atoms with Crippen LogP contribution in [0.1, 0.15) is 44.2 Å². The summed E-state index contributed by atoms with van der Waals surface area (Å²) in [5.74, 6) is 1.42. The number of halogens is 1. The summed E-state index contributed by atoms with van der Waals surface area (Å²) in [6.07, 6.45) is 10.3. The van der Waals surface area contributed by atoms with Crippen molar-refractivity contribution in [3.63, 3.8) is 0 Å². The average Bonchev–Trinajstić information content (AvgIpc) is 2.40. The van der Waals surface area contributed by atoms with Crippen molar-refractivity contribution in [1.29, 1.82) is 0 Å². The summed E-state index contributed by atoms with van der Waals surface area (Å²) in [6.45, 7) is 0. The highest BCUT2D eigenvalue weighted by Crippen LogP contribution is 2.29. The van der Waals surface area contributed by atoms with E-state index in [1.807, 2.05) is 6.07 Å². The number of hydrogen-bond acceptors (Lipinski definition) is 3. The molecule has 2 rings (SSSR count). The van der Waals surface area contributed by atoms with E-state index >= 15 is 0 Å². The van der Waals surface area contributed by atoms with Crippen LogP contribution in [-0.2, 0) is 6.42 Å². The summed E-state index contributed by atoms with van der Waals surface area (Å²) >= 11 is 6.44. The molecule has 0 radical (unpaired) electrons. The predicted molar refractivity (Wildman–Crippen MR) is 73.1 cm³/mol.